The summed E-state index contributed by atoms with van der Waals surface area (Å²) in [5, 5.41) is 15.2. The van der Waals surface area contributed by atoms with Gasteiger partial charge in [0, 0.05) is 13.1 Å². The molecule has 0 aliphatic heterocycles. The Morgan fingerprint density at radius 2 is 1.88 bits per heavy atom. The van der Waals surface area contributed by atoms with E-state index in [1.54, 1.807) is 20.8 Å². The maximum Gasteiger partial charge on any atom is 0.407 e. The van der Waals surface area contributed by atoms with Crippen molar-refractivity contribution in [3.05, 3.63) is 0 Å². The van der Waals surface area contributed by atoms with Crippen LogP contribution in [0.4, 0.5) is 4.79 Å². The van der Waals surface area contributed by atoms with Crippen molar-refractivity contribution >= 4 is 12.1 Å². The van der Waals surface area contributed by atoms with Gasteiger partial charge in [-0.25, -0.2) is 4.79 Å². The number of hydrogen-bond donors (Lipinski definition) is 2. The van der Waals surface area contributed by atoms with Crippen molar-refractivity contribution in [3.8, 4) is 0 Å². The van der Waals surface area contributed by atoms with Crippen molar-refractivity contribution in [2.45, 2.75) is 32.8 Å². The zero-order valence-electron chi connectivity index (χ0n) is 9.96. The summed E-state index contributed by atoms with van der Waals surface area (Å²) in [6.07, 6.45) is 0.166. The molecule has 0 aromatic carbocycles. The van der Waals surface area contributed by atoms with E-state index >= 15 is 0 Å². The summed E-state index contributed by atoms with van der Waals surface area (Å²) < 4.78 is 5.01. The van der Waals surface area contributed by atoms with Crippen LogP contribution in [0, 0.1) is 0 Å². The lowest BCUT2D eigenvalue weighted by Crippen LogP contribution is -2.37. The molecule has 6 heteroatoms. The van der Waals surface area contributed by atoms with Gasteiger partial charge < -0.3 is 25.3 Å². The van der Waals surface area contributed by atoms with Crippen LogP contribution in [0.1, 0.15) is 27.2 Å². The molecule has 6 nitrogen and oxygen atoms in total. The maximum atomic E-state index is 11.1. The normalized spacial score (nSPS) is 10.9. The van der Waals surface area contributed by atoms with Gasteiger partial charge in [0.2, 0.25) is 0 Å². The number of carbonyl (C=O) groups excluding carboxylic acids is 2. The third-order valence-corrected chi connectivity index (χ3v) is 1.47. The molecule has 0 aromatic rings. The molecule has 0 atom stereocenters. The van der Waals surface area contributed by atoms with Crippen LogP contribution in [-0.2, 0) is 9.53 Å². The Balaban J connectivity index is 3.38. The minimum Gasteiger partial charge on any atom is -0.549 e. The second-order valence-electron chi connectivity index (χ2n) is 4.33. The number of carboxylic acid groups (broad SMARTS) is 1. The molecule has 16 heavy (non-hydrogen) atoms. The first-order chi connectivity index (χ1) is 7.31. The highest BCUT2D eigenvalue weighted by Crippen LogP contribution is 2.06. The smallest absolute Gasteiger partial charge is 0.407 e. The number of carbonyl (C=O) groups is 2. The predicted octanol–water partition coefficient (Wildman–Crippen LogP) is -0.759. The zero-order chi connectivity index (χ0) is 12.6. The molecule has 0 radical (unpaired) electrons. The van der Waals surface area contributed by atoms with Gasteiger partial charge in [-0.05, 0) is 33.7 Å². The van der Waals surface area contributed by atoms with Crippen molar-refractivity contribution in [1.82, 2.24) is 10.6 Å². The van der Waals surface area contributed by atoms with Crippen LogP contribution in [0.25, 0.3) is 0 Å². The predicted molar refractivity (Wildman–Crippen MR) is 56.7 cm³/mol. The van der Waals surface area contributed by atoms with Crippen LogP contribution in [0.15, 0.2) is 0 Å². The summed E-state index contributed by atoms with van der Waals surface area (Å²) in [5.41, 5.74) is -0.503. The van der Waals surface area contributed by atoms with Gasteiger partial charge in [-0.15, -0.1) is 0 Å². The number of carboxylic acids is 1. The van der Waals surface area contributed by atoms with Gasteiger partial charge in [-0.1, -0.05) is 0 Å². The van der Waals surface area contributed by atoms with Gasteiger partial charge in [0.05, 0.1) is 5.97 Å². The van der Waals surface area contributed by atoms with Crippen molar-refractivity contribution in [1.29, 1.82) is 0 Å². The first-order valence-electron chi connectivity index (χ1n) is 5.18. The van der Waals surface area contributed by atoms with E-state index in [4.69, 9.17) is 4.74 Å². The molecule has 0 saturated carbocycles. The quantitative estimate of drug-likeness (QED) is 0.586. The van der Waals surface area contributed by atoms with Gasteiger partial charge in [0.15, 0.2) is 0 Å². The Morgan fingerprint density at radius 1 is 1.25 bits per heavy atom. The molecule has 0 saturated heterocycles. The van der Waals surface area contributed by atoms with Gasteiger partial charge in [0.25, 0.3) is 0 Å². The maximum absolute atomic E-state index is 11.1. The Bertz CT molecular complexity index is 235. The van der Waals surface area contributed by atoms with E-state index in [9.17, 15) is 14.7 Å². The molecule has 0 aliphatic carbocycles. The highest BCUT2D eigenvalue weighted by atomic mass is 16.6. The fourth-order valence-corrected chi connectivity index (χ4v) is 0.908. The van der Waals surface area contributed by atoms with E-state index in [0.29, 0.717) is 19.5 Å². The number of hydrogen-bond acceptors (Lipinski definition) is 5. The fraction of sp³-hybridized carbons (Fsp3) is 0.800. The number of aliphatic carboxylic acids is 1. The van der Waals surface area contributed by atoms with Crippen LogP contribution >= 0.6 is 0 Å². The molecule has 0 aromatic heterocycles. The average molecular weight is 231 g/mol. The van der Waals surface area contributed by atoms with Crippen LogP contribution < -0.4 is 15.7 Å². The summed E-state index contributed by atoms with van der Waals surface area (Å²) in [7, 11) is 0. The number of alkyl carbamates (subject to hydrolysis) is 1. The third kappa shape index (κ3) is 10.8. The van der Waals surface area contributed by atoms with E-state index in [-0.39, 0.29) is 6.54 Å². The molecular weight excluding hydrogens is 212 g/mol. The van der Waals surface area contributed by atoms with Crippen LogP contribution in [0.5, 0.6) is 0 Å². The average Bonchev–Trinajstić information content (AvgIpc) is 2.07. The largest absolute Gasteiger partial charge is 0.549 e. The van der Waals surface area contributed by atoms with Gasteiger partial charge in [0.1, 0.15) is 5.60 Å². The van der Waals surface area contributed by atoms with Crippen LogP contribution in [-0.4, -0.2) is 37.3 Å². The summed E-state index contributed by atoms with van der Waals surface area (Å²) >= 11 is 0. The molecule has 2 N–H and O–H groups in total. The number of amides is 1. The van der Waals surface area contributed by atoms with Gasteiger partial charge >= 0.3 is 6.09 Å². The highest BCUT2D eigenvalue weighted by Gasteiger charge is 2.15. The van der Waals surface area contributed by atoms with E-state index in [1.165, 1.54) is 0 Å². The van der Waals surface area contributed by atoms with E-state index < -0.39 is 17.7 Å². The zero-order valence-corrected chi connectivity index (χ0v) is 9.96. The van der Waals surface area contributed by atoms with E-state index in [0.717, 1.165) is 0 Å². The second kappa shape index (κ2) is 7.05. The topological polar surface area (TPSA) is 90.5 Å². The molecule has 0 fully saturated rings. The van der Waals surface area contributed by atoms with Crippen molar-refractivity contribution < 1.29 is 19.4 Å². The lowest BCUT2D eigenvalue weighted by atomic mass is 10.2. The summed E-state index contributed by atoms with van der Waals surface area (Å²) in [6.45, 7) is 6.13. The van der Waals surface area contributed by atoms with Crippen molar-refractivity contribution in [3.63, 3.8) is 0 Å². The van der Waals surface area contributed by atoms with Crippen molar-refractivity contribution in [2.24, 2.45) is 0 Å². The molecule has 1 amide bonds. The van der Waals surface area contributed by atoms with Gasteiger partial charge in [-0.3, -0.25) is 0 Å². The standard InChI is InChI=1S/C10H20N2O4/c1-10(2,3)16-9(15)12-6-4-5-11-7-8(13)14/h11H,4-7H2,1-3H3,(H,12,15)(H,13,14)/p-1. The number of rotatable bonds is 6. The second-order valence-corrected chi connectivity index (χ2v) is 4.33. The van der Waals surface area contributed by atoms with E-state index in [2.05, 4.69) is 10.6 Å². The van der Waals surface area contributed by atoms with E-state index in [1.807, 2.05) is 0 Å². The molecule has 0 spiro atoms. The first-order valence-corrected chi connectivity index (χ1v) is 5.18. The molecule has 94 valence electrons. The molecular formula is C10H19N2O4-. The first kappa shape index (κ1) is 14.7. The molecule has 0 bridgehead atoms. The van der Waals surface area contributed by atoms with Crippen molar-refractivity contribution in [2.75, 3.05) is 19.6 Å². The molecule has 0 aliphatic rings. The fourth-order valence-electron chi connectivity index (χ4n) is 0.908. The summed E-state index contributed by atoms with van der Waals surface area (Å²) in [4.78, 5) is 21.2. The van der Waals surface area contributed by atoms with Crippen LogP contribution in [0.2, 0.25) is 0 Å². The molecule has 0 heterocycles. The highest BCUT2D eigenvalue weighted by molar-refractivity contribution is 5.67. The lowest BCUT2D eigenvalue weighted by Gasteiger charge is -2.19. The number of nitrogens with one attached hydrogen (secondary N) is 2. The summed E-state index contributed by atoms with van der Waals surface area (Å²) in [6, 6.07) is 0. The monoisotopic (exact) mass is 231 g/mol. The number of ether oxygens (including phenoxy) is 1. The Labute approximate surface area is 95.4 Å². The SMILES string of the molecule is CC(C)(C)OC(=O)NCCCNCC(=O)[O-]. The summed E-state index contributed by atoms with van der Waals surface area (Å²) in [5.74, 6) is -1.14. The van der Waals surface area contributed by atoms with Crippen LogP contribution in [0.3, 0.4) is 0 Å². The molecule has 0 rings (SSSR count). The Morgan fingerprint density at radius 3 is 2.38 bits per heavy atom. The minimum atomic E-state index is -1.14. The lowest BCUT2D eigenvalue weighted by molar-refractivity contribution is -0.304. The Hall–Kier alpha value is -1.30. The molecule has 0 unspecified atom stereocenters. The third-order valence-electron chi connectivity index (χ3n) is 1.47. The van der Waals surface area contributed by atoms with Gasteiger partial charge in [-0.2, -0.15) is 0 Å². The Kier molecular flexibility index (Phi) is 6.48. The minimum absolute atomic E-state index is 0.174.